The molecule has 1 unspecified atom stereocenters. The van der Waals surface area contributed by atoms with Gasteiger partial charge in [-0.05, 0) is 28.8 Å². The van der Waals surface area contributed by atoms with E-state index in [0.717, 1.165) is 16.7 Å². The molecule has 2 aromatic carbocycles. The summed E-state index contributed by atoms with van der Waals surface area (Å²) in [6.07, 6.45) is -0.279. The van der Waals surface area contributed by atoms with Crippen LogP contribution in [0.1, 0.15) is 22.8 Å². The maximum Gasteiger partial charge on any atom is 0.315 e. The molecule has 5 nitrogen and oxygen atoms in total. The van der Waals surface area contributed by atoms with Crippen LogP contribution in [0, 0.1) is 0 Å². The number of aliphatic hydroxyl groups is 1. The Kier molecular flexibility index (Phi) is 7.06. The standard InChI is InChI=1S/C18H21ClN2O3/c1-24-17(13-7-4-8-16(19)9-13)11-21-18(23)20-10-14-5-2-3-6-15(14)12-22/h2-9,17,22H,10-12H2,1H3,(H2,20,21,23). The molecule has 0 aliphatic heterocycles. The number of urea groups is 1. The van der Waals surface area contributed by atoms with Crippen molar-refractivity contribution >= 4 is 17.6 Å². The molecule has 0 aromatic heterocycles. The number of ether oxygens (including phenoxy) is 1. The van der Waals surface area contributed by atoms with Gasteiger partial charge in [-0.25, -0.2) is 4.79 Å². The molecule has 128 valence electrons. The largest absolute Gasteiger partial charge is 0.392 e. The highest BCUT2D eigenvalue weighted by molar-refractivity contribution is 6.30. The normalized spacial score (nSPS) is 11.8. The molecule has 0 spiro atoms. The van der Waals surface area contributed by atoms with E-state index in [-0.39, 0.29) is 18.7 Å². The summed E-state index contributed by atoms with van der Waals surface area (Å²) in [5, 5.41) is 15.5. The Morgan fingerprint density at radius 1 is 1.17 bits per heavy atom. The lowest BCUT2D eigenvalue weighted by Crippen LogP contribution is -2.37. The lowest BCUT2D eigenvalue weighted by Gasteiger charge is -2.17. The van der Waals surface area contributed by atoms with Crippen LogP contribution in [0.5, 0.6) is 0 Å². The van der Waals surface area contributed by atoms with Gasteiger partial charge in [-0.15, -0.1) is 0 Å². The van der Waals surface area contributed by atoms with Gasteiger partial charge in [-0.3, -0.25) is 0 Å². The van der Waals surface area contributed by atoms with Gasteiger partial charge in [0.25, 0.3) is 0 Å². The van der Waals surface area contributed by atoms with Crippen molar-refractivity contribution in [1.82, 2.24) is 10.6 Å². The van der Waals surface area contributed by atoms with Crippen LogP contribution in [0.3, 0.4) is 0 Å². The molecule has 0 saturated carbocycles. The van der Waals surface area contributed by atoms with Crippen LogP contribution < -0.4 is 10.6 Å². The second-order valence-corrected chi connectivity index (χ2v) is 5.71. The van der Waals surface area contributed by atoms with E-state index in [1.54, 1.807) is 13.2 Å². The van der Waals surface area contributed by atoms with Gasteiger partial charge in [0.05, 0.1) is 12.7 Å². The van der Waals surface area contributed by atoms with Gasteiger partial charge in [0.1, 0.15) is 0 Å². The summed E-state index contributed by atoms with van der Waals surface area (Å²) in [5.41, 5.74) is 2.58. The first kappa shape index (κ1) is 18.3. The maximum absolute atomic E-state index is 12.0. The molecular formula is C18H21ClN2O3. The number of methoxy groups -OCH3 is 1. The summed E-state index contributed by atoms with van der Waals surface area (Å²) in [6.45, 7) is 0.613. The summed E-state index contributed by atoms with van der Waals surface area (Å²) < 4.78 is 5.41. The second kappa shape index (κ2) is 9.27. The quantitative estimate of drug-likeness (QED) is 0.720. The summed E-state index contributed by atoms with van der Waals surface area (Å²) in [4.78, 5) is 12.0. The SMILES string of the molecule is COC(CNC(=O)NCc1ccccc1CO)c1cccc(Cl)c1. The minimum absolute atomic E-state index is 0.0556. The van der Waals surface area contributed by atoms with E-state index in [1.807, 2.05) is 42.5 Å². The summed E-state index contributed by atoms with van der Waals surface area (Å²) in [5.74, 6) is 0. The number of carbonyl (C=O) groups is 1. The number of nitrogens with one attached hydrogen (secondary N) is 2. The molecule has 24 heavy (non-hydrogen) atoms. The molecule has 0 fully saturated rings. The van der Waals surface area contributed by atoms with E-state index in [1.165, 1.54) is 0 Å². The van der Waals surface area contributed by atoms with E-state index in [9.17, 15) is 9.90 Å². The van der Waals surface area contributed by atoms with Crippen LogP contribution in [-0.2, 0) is 17.9 Å². The molecule has 6 heteroatoms. The smallest absolute Gasteiger partial charge is 0.315 e. The Balaban J connectivity index is 1.85. The maximum atomic E-state index is 12.0. The predicted octanol–water partition coefficient (Wildman–Crippen LogP) is 3.02. The zero-order chi connectivity index (χ0) is 17.4. The molecule has 0 heterocycles. The average molecular weight is 349 g/mol. The molecule has 2 rings (SSSR count). The van der Waals surface area contributed by atoms with Crippen molar-refractivity contribution in [1.29, 1.82) is 0 Å². The van der Waals surface area contributed by atoms with E-state index in [0.29, 0.717) is 18.1 Å². The number of carbonyl (C=O) groups excluding carboxylic acids is 1. The van der Waals surface area contributed by atoms with Gasteiger partial charge >= 0.3 is 6.03 Å². The van der Waals surface area contributed by atoms with Gasteiger partial charge in [-0.1, -0.05) is 48.0 Å². The number of hydrogen-bond acceptors (Lipinski definition) is 3. The Bertz CT molecular complexity index is 679. The Labute approximate surface area is 146 Å². The van der Waals surface area contributed by atoms with E-state index in [2.05, 4.69) is 10.6 Å². The van der Waals surface area contributed by atoms with Crippen molar-refractivity contribution < 1.29 is 14.6 Å². The third-order valence-corrected chi connectivity index (χ3v) is 3.92. The van der Waals surface area contributed by atoms with Crippen LogP contribution in [0.15, 0.2) is 48.5 Å². The molecule has 2 amide bonds. The van der Waals surface area contributed by atoms with Crippen molar-refractivity contribution in [2.75, 3.05) is 13.7 Å². The van der Waals surface area contributed by atoms with Crippen molar-refractivity contribution in [3.63, 3.8) is 0 Å². The second-order valence-electron chi connectivity index (χ2n) is 5.27. The molecule has 0 radical (unpaired) electrons. The Morgan fingerprint density at radius 2 is 1.92 bits per heavy atom. The molecular weight excluding hydrogens is 328 g/mol. The van der Waals surface area contributed by atoms with Gasteiger partial charge in [0.15, 0.2) is 0 Å². The highest BCUT2D eigenvalue weighted by Gasteiger charge is 2.12. The highest BCUT2D eigenvalue weighted by atomic mass is 35.5. The molecule has 0 aliphatic carbocycles. The van der Waals surface area contributed by atoms with Crippen LogP contribution in [0.2, 0.25) is 5.02 Å². The van der Waals surface area contributed by atoms with Crippen molar-refractivity contribution in [2.45, 2.75) is 19.3 Å². The first-order chi connectivity index (χ1) is 11.6. The average Bonchev–Trinajstić information content (AvgIpc) is 2.60. The minimum Gasteiger partial charge on any atom is -0.392 e. The van der Waals surface area contributed by atoms with E-state index < -0.39 is 0 Å². The molecule has 1 atom stereocenters. The zero-order valence-corrected chi connectivity index (χ0v) is 14.2. The first-order valence-electron chi connectivity index (χ1n) is 7.61. The Hall–Kier alpha value is -2.08. The van der Waals surface area contributed by atoms with Gasteiger partial charge in [-0.2, -0.15) is 0 Å². The minimum atomic E-state index is -0.299. The van der Waals surface area contributed by atoms with Crippen LogP contribution in [0.25, 0.3) is 0 Å². The number of benzene rings is 2. The molecule has 0 bridgehead atoms. The zero-order valence-electron chi connectivity index (χ0n) is 13.5. The lowest BCUT2D eigenvalue weighted by atomic mass is 10.1. The number of amides is 2. The number of aliphatic hydroxyl groups excluding tert-OH is 1. The number of hydrogen-bond donors (Lipinski definition) is 3. The Morgan fingerprint density at radius 3 is 2.58 bits per heavy atom. The van der Waals surface area contributed by atoms with E-state index >= 15 is 0 Å². The van der Waals surface area contributed by atoms with E-state index in [4.69, 9.17) is 16.3 Å². The first-order valence-corrected chi connectivity index (χ1v) is 7.99. The van der Waals surface area contributed by atoms with Crippen molar-refractivity contribution in [2.24, 2.45) is 0 Å². The van der Waals surface area contributed by atoms with Gasteiger partial charge in [0.2, 0.25) is 0 Å². The third kappa shape index (κ3) is 5.23. The monoisotopic (exact) mass is 348 g/mol. The van der Waals surface area contributed by atoms with Gasteiger partial charge in [0, 0.05) is 25.2 Å². The molecule has 2 aromatic rings. The summed E-state index contributed by atoms with van der Waals surface area (Å²) in [7, 11) is 1.59. The number of halogens is 1. The third-order valence-electron chi connectivity index (χ3n) is 3.68. The fourth-order valence-corrected chi connectivity index (χ4v) is 2.55. The molecule has 0 aliphatic rings. The molecule has 0 saturated heterocycles. The summed E-state index contributed by atoms with van der Waals surface area (Å²) in [6, 6.07) is 14.5. The lowest BCUT2D eigenvalue weighted by molar-refractivity contribution is 0.104. The topological polar surface area (TPSA) is 70.6 Å². The number of rotatable bonds is 7. The van der Waals surface area contributed by atoms with Crippen molar-refractivity contribution in [3.05, 3.63) is 70.2 Å². The van der Waals surface area contributed by atoms with Gasteiger partial charge < -0.3 is 20.5 Å². The van der Waals surface area contributed by atoms with Crippen LogP contribution in [0.4, 0.5) is 4.79 Å². The van der Waals surface area contributed by atoms with Crippen molar-refractivity contribution in [3.8, 4) is 0 Å². The highest BCUT2D eigenvalue weighted by Crippen LogP contribution is 2.19. The molecule has 3 N–H and O–H groups in total. The fraction of sp³-hybridized carbons (Fsp3) is 0.278. The van der Waals surface area contributed by atoms with Crippen LogP contribution >= 0.6 is 11.6 Å². The fourth-order valence-electron chi connectivity index (χ4n) is 2.35. The predicted molar refractivity (Wildman–Crippen MR) is 93.8 cm³/mol. The summed E-state index contributed by atoms with van der Waals surface area (Å²) >= 11 is 5.98. The van der Waals surface area contributed by atoms with Crippen LogP contribution in [-0.4, -0.2) is 24.8 Å².